The second-order valence-corrected chi connectivity index (χ2v) is 5.52. The summed E-state index contributed by atoms with van der Waals surface area (Å²) in [6.07, 6.45) is -0.232. The van der Waals surface area contributed by atoms with E-state index in [-0.39, 0.29) is 12.3 Å². The van der Waals surface area contributed by atoms with E-state index in [0.29, 0.717) is 12.0 Å². The second-order valence-electron chi connectivity index (χ2n) is 3.59. The first-order chi connectivity index (χ1) is 7.55. The average molecular weight is 243 g/mol. The number of hydrogen-bond donors (Lipinski definition) is 2. The van der Waals surface area contributed by atoms with Crippen LogP contribution >= 0.6 is 0 Å². The maximum absolute atomic E-state index is 11.3. The van der Waals surface area contributed by atoms with Crippen LogP contribution in [0.2, 0.25) is 0 Å². The molecular formula is C11H17NO3S. The lowest BCUT2D eigenvalue weighted by Crippen LogP contribution is -2.30. The van der Waals surface area contributed by atoms with Gasteiger partial charge < -0.3 is 5.11 Å². The van der Waals surface area contributed by atoms with Gasteiger partial charge in [0.2, 0.25) is 10.0 Å². The zero-order chi connectivity index (χ0) is 12.0. The molecule has 0 aliphatic carbocycles. The molecule has 1 rings (SSSR count). The Bertz CT molecular complexity index is 402. The molecule has 0 fully saturated rings. The predicted octanol–water partition coefficient (Wildman–Crippen LogP) is 1.05. The van der Waals surface area contributed by atoms with E-state index in [1.54, 1.807) is 31.2 Å². The van der Waals surface area contributed by atoms with Crippen LogP contribution in [-0.2, 0) is 10.0 Å². The molecule has 4 nitrogen and oxygen atoms in total. The minimum Gasteiger partial charge on any atom is -0.387 e. The van der Waals surface area contributed by atoms with Crippen molar-refractivity contribution < 1.29 is 13.5 Å². The van der Waals surface area contributed by atoms with E-state index in [1.165, 1.54) is 0 Å². The smallest absolute Gasteiger partial charge is 0.211 e. The van der Waals surface area contributed by atoms with Gasteiger partial charge >= 0.3 is 0 Å². The molecule has 1 aromatic rings. The molecule has 5 heteroatoms. The number of sulfonamides is 1. The fourth-order valence-electron chi connectivity index (χ4n) is 1.34. The van der Waals surface area contributed by atoms with Crippen molar-refractivity contribution in [3.05, 3.63) is 35.9 Å². The van der Waals surface area contributed by atoms with Crippen molar-refractivity contribution in [1.82, 2.24) is 4.72 Å². The van der Waals surface area contributed by atoms with E-state index < -0.39 is 16.1 Å². The lowest BCUT2D eigenvalue weighted by Gasteiger charge is -2.12. The van der Waals surface area contributed by atoms with Crippen LogP contribution in [0, 0.1) is 0 Å². The third kappa shape index (κ3) is 4.30. The number of nitrogens with one attached hydrogen (secondary N) is 1. The van der Waals surface area contributed by atoms with Gasteiger partial charge in [-0.2, -0.15) is 0 Å². The van der Waals surface area contributed by atoms with Crippen LogP contribution in [0.3, 0.4) is 0 Å². The van der Waals surface area contributed by atoms with E-state index in [4.69, 9.17) is 0 Å². The molecule has 0 spiro atoms. The number of aliphatic hydroxyl groups is 1. The minimum atomic E-state index is -3.24. The van der Waals surface area contributed by atoms with Gasteiger partial charge in [0.05, 0.1) is 11.9 Å². The predicted molar refractivity (Wildman–Crippen MR) is 63.5 cm³/mol. The van der Waals surface area contributed by atoms with Crippen molar-refractivity contribution in [2.75, 3.05) is 12.3 Å². The van der Waals surface area contributed by atoms with Gasteiger partial charge in [-0.3, -0.25) is 0 Å². The molecule has 0 amide bonds. The van der Waals surface area contributed by atoms with Crippen LogP contribution in [0.25, 0.3) is 0 Å². The van der Waals surface area contributed by atoms with Gasteiger partial charge in [-0.15, -0.1) is 0 Å². The number of hydrogen-bond acceptors (Lipinski definition) is 3. The van der Waals surface area contributed by atoms with Crippen molar-refractivity contribution in [1.29, 1.82) is 0 Å². The first kappa shape index (κ1) is 13.2. The topological polar surface area (TPSA) is 66.4 Å². The highest BCUT2D eigenvalue weighted by Gasteiger charge is 2.12. The van der Waals surface area contributed by atoms with Crippen LogP contribution in [-0.4, -0.2) is 25.8 Å². The SMILES string of the molecule is CCCS(=O)(=O)NC[C@@H](O)c1ccccc1. The Balaban J connectivity index is 2.51. The quantitative estimate of drug-likeness (QED) is 0.785. The standard InChI is InChI=1S/C11H17NO3S/c1-2-8-16(14,15)12-9-11(13)10-6-4-3-5-7-10/h3-7,11-13H,2,8-9H2,1H3/t11-/m1/s1. The maximum Gasteiger partial charge on any atom is 0.211 e. The van der Waals surface area contributed by atoms with E-state index in [1.807, 2.05) is 6.07 Å². The third-order valence-corrected chi connectivity index (χ3v) is 3.71. The van der Waals surface area contributed by atoms with Gasteiger partial charge in [-0.1, -0.05) is 37.3 Å². The zero-order valence-corrected chi connectivity index (χ0v) is 10.1. The monoisotopic (exact) mass is 243 g/mol. The van der Waals surface area contributed by atoms with Gasteiger partial charge in [0.25, 0.3) is 0 Å². The Kier molecular flexibility index (Phi) is 4.92. The minimum absolute atomic E-state index is 0.0202. The Labute approximate surface area is 96.4 Å². The van der Waals surface area contributed by atoms with Crippen molar-refractivity contribution >= 4 is 10.0 Å². The Morgan fingerprint density at radius 1 is 1.31 bits per heavy atom. The molecule has 0 aromatic heterocycles. The first-order valence-corrected chi connectivity index (χ1v) is 6.90. The summed E-state index contributed by atoms with van der Waals surface area (Å²) in [6, 6.07) is 8.98. The summed E-state index contributed by atoms with van der Waals surface area (Å²) in [5.74, 6) is 0.0918. The Morgan fingerprint density at radius 3 is 2.50 bits per heavy atom. The van der Waals surface area contributed by atoms with Crippen molar-refractivity contribution in [2.24, 2.45) is 0 Å². The van der Waals surface area contributed by atoms with E-state index in [9.17, 15) is 13.5 Å². The van der Waals surface area contributed by atoms with Crippen LogP contribution in [0.15, 0.2) is 30.3 Å². The fraction of sp³-hybridized carbons (Fsp3) is 0.455. The molecule has 1 atom stereocenters. The van der Waals surface area contributed by atoms with Crippen LogP contribution in [0.1, 0.15) is 25.0 Å². The largest absolute Gasteiger partial charge is 0.387 e. The van der Waals surface area contributed by atoms with Gasteiger partial charge in [0.15, 0.2) is 0 Å². The molecule has 0 bridgehead atoms. The molecule has 0 radical (unpaired) electrons. The average Bonchev–Trinajstić information content (AvgIpc) is 2.27. The molecular weight excluding hydrogens is 226 g/mol. The van der Waals surface area contributed by atoms with Gasteiger partial charge in [0.1, 0.15) is 0 Å². The molecule has 0 aliphatic rings. The molecule has 90 valence electrons. The summed E-state index contributed by atoms with van der Waals surface area (Å²) in [4.78, 5) is 0. The Morgan fingerprint density at radius 2 is 1.94 bits per heavy atom. The number of benzene rings is 1. The maximum atomic E-state index is 11.3. The Hall–Kier alpha value is -0.910. The number of rotatable bonds is 6. The normalized spacial score (nSPS) is 13.6. The van der Waals surface area contributed by atoms with Crippen LogP contribution in [0.4, 0.5) is 0 Å². The highest BCUT2D eigenvalue weighted by molar-refractivity contribution is 7.89. The third-order valence-electron chi connectivity index (χ3n) is 2.15. The molecule has 0 aliphatic heterocycles. The van der Waals surface area contributed by atoms with E-state index in [2.05, 4.69) is 4.72 Å². The van der Waals surface area contributed by atoms with Crippen LogP contribution < -0.4 is 4.72 Å². The summed E-state index contributed by atoms with van der Waals surface area (Å²) in [5, 5.41) is 9.73. The van der Waals surface area contributed by atoms with Crippen LogP contribution in [0.5, 0.6) is 0 Å². The molecule has 0 unspecified atom stereocenters. The molecule has 16 heavy (non-hydrogen) atoms. The van der Waals surface area contributed by atoms with E-state index >= 15 is 0 Å². The molecule has 2 N–H and O–H groups in total. The molecule has 0 heterocycles. The summed E-state index contributed by atoms with van der Waals surface area (Å²) in [7, 11) is -3.24. The summed E-state index contributed by atoms with van der Waals surface area (Å²) in [5.41, 5.74) is 0.710. The molecule has 1 aromatic carbocycles. The fourth-order valence-corrected chi connectivity index (χ4v) is 2.43. The molecule has 0 saturated carbocycles. The summed E-state index contributed by atoms with van der Waals surface area (Å²) < 4.78 is 25.1. The van der Waals surface area contributed by atoms with Crippen molar-refractivity contribution in [3.8, 4) is 0 Å². The summed E-state index contributed by atoms with van der Waals surface area (Å²) >= 11 is 0. The van der Waals surface area contributed by atoms with Gasteiger partial charge in [0, 0.05) is 6.54 Å². The highest BCUT2D eigenvalue weighted by Crippen LogP contribution is 2.10. The number of aliphatic hydroxyl groups excluding tert-OH is 1. The first-order valence-electron chi connectivity index (χ1n) is 5.25. The lowest BCUT2D eigenvalue weighted by molar-refractivity contribution is 0.182. The second kappa shape index (κ2) is 5.98. The molecule has 0 saturated heterocycles. The lowest BCUT2D eigenvalue weighted by atomic mass is 10.1. The van der Waals surface area contributed by atoms with Crippen molar-refractivity contribution in [2.45, 2.75) is 19.4 Å². The van der Waals surface area contributed by atoms with Gasteiger partial charge in [-0.25, -0.2) is 13.1 Å². The van der Waals surface area contributed by atoms with Crippen molar-refractivity contribution in [3.63, 3.8) is 0 Å². The zero-order valence-electron chi connectivity index (χ0n) is 9.26. The highest BCUT2D eigenvalue weighted by atomic mass is 32.2. The van der Waals surface area contributed by atoms with E-state index in [0.717, 1.165) is 0 Å². The summed E-state index contributed by atoms with van der Waals surface area (Å²) in [6.45, 7) is 1.82. The van der Waals surface area contributed by atoms with Gasteiger partial charge in [-0.05, 0) is 12.0 Å².